The molecule has 0 spiro atoms. The fraction of sp³-hybridized carbons (Fsp3) is 0.167. The van der Waals surface area contributed by atoms with Crippen molar-refractivity contribution in [2.45, 2.75) is 19.1 Å². The summed E-state index contributed by atoms with van der Waals surface area (Å²) in [6.07, 6.45) is -1.03. The average Bonchev–Trinajstić information content (AvgIpc) is 3.30. The monoisotopic (exact) mass is 463 g/mol. The highest BCUT2D eigenvalue weighted by Gasteiger charge is 2.60. The summed E-state index contributed by atoms with van der Waals surface area (Å²) >= 11 is 6.08. The number of nitro groups is 1. The third kappa shape index (κ3) is 3.44. The maximum absolute atomic E-state index is 13.6. The van der Waals surface area contributed by atoms with Crippen LogP contribution >= 0.6 is 11.6 Å². The van der Waals surface area contributed by atoms with Crippen LogP contribution in [0.25, 0.3) is 0 Å². The largest absolute Gasteiger partial charge is 0.273 e. The Morgan fingerprint density at radius 1 is 0.970 bits per heavy atom. The molecular weight excluding hydrogens is 446 g/mol. The van der Waals surface area contributed by atoms with Crippen molar-refractivity contribution < 1.29 is 19.3 Å². The molecule has 2 saturated heterocycles. The van der Waals surface area contributed by atoms with E-state index in [0.717, 1.165) is 10.5 Å². The highest BCUT2D eigenvalue weighted by molar-refractivity contribution is 6.31. The molecule has 0 aromatic heterocycles. The van der Waals surface area contributed by atoms with E-state index in [0.29, 0.717) is 22.0 Å². The summed E-state index contributed by atoms with van der Waals surface area (Å²) in [5.41, 5.74) is 2.55. The van der Waals surface area contributed by atoms with Crippen molar-refractivity contribution in [2.24, 2.45) is 5.92 Å². The molecule has 2 amide bonds. The zero-order valence-corrected chi connectivity index (χ0v) is 18.2. The summed E-state index contributed by atoms with van der Waals surface area (Å²) in [7, 11) is 0. The number of carbonyl (C=O) groups excluding carboxylic acids is 2. The van der Waals surface area contributed by atoms with E-state index in [4.69, 9.17) is 16.4 Å². The number of amides is 2. The summed E-state index contributed by atoms with van der Waals surface area (Å²) in [5, 5.41) is 13.1. The van der Waals surface area contributed by atoms with Crippen LogP contribution in [0.3, 0.4) is 0 Å². The Labute approximate surface area is 194 Å². The molecular formula is C24H18ClN3O5. The normalized spacial score (nSPS) is 22.1. The third-order valence-corrected chi connectivity index (χ3v) is 6.22. The van der Waals surface area contributed by atoms with Gasteiger partial charge >= 0.3 is 0 Å². The molecule has 0 N–H and O–H groups in total. The first-order chi connectivity index (χ1) is 15.9. The van der Waals surface area contributed by atoms with Crippen molar-refractivity contribution in [1.82, 2.24) is 0 Å². The molecule has 0 bridgehead atoms. The molecule has 3 unspecified atom stereocenters. The van der Waals surface area contributed by atoms with Gasteiger partial charge in [-0.05, 0) is 42.3 Å². The summed E-state index contributed by atoms with van der Waals surface area (Å²) in [4.78, 5) is 44.8. The van der Waals surface area contributed by atoms with E-state index in [9.17, 15) is 19.7 Å². The fourth-order valence-electron chi connectivity index (χ4n) is 4.44. The van der Waals surface area contributed by atoms with Crippen LogP contribution in [-0.2, 0) is 14.4 Å². The number of aryl methyl sites for hydroxylation is 1. The summed E-state index contributed by atoms with van der Waals surface area (Å²) in [6, 6.07) is 19.3. The van der Waals surface area contributed by atoms with Crippen LogP contribution in [0.2, 0.25) is 5.02 Å². The average molecular weight is 464 g/mol. The first kappa shape index (κ1) is 21.1. The van der Waals surface area contributed by atoms with Crippen molar-refractivity contribution in [3.63, 3.8) is 0 Å². The second kappa shape index (κ2) is 7.99. The summed E-state index contributed by atoms with van der Waals surface area (Å²) < 4.78 is 0. The third-order valence-electron chi connectivity index (χ3n) is 5.98. The fourth-order valence-corrected chi connectivity index (χ4v) is 4.62. The number of nitro benzene ring substituents is 1. The van der Waals surface area contributed by atoms with E-state index in [-0.39, 0.29) is 5.69 Å². The molecule has 166 valence electrons. The zero-order valence-electron chi connectivity index (χ0n) is 17.4. The number of non-ortho nitro benzene ring substituents is 1. The first-order valence-electron chi connectivity index (χ1n) is 10.3. The van der Waals surface area contributed by atoms with Crippen LogP contribution in [0.4, 0.5) is 17.1 Å². The van der Waals surface area contributed by atoms with Crippen molar-refractivity contribution in [3.8, 4) is 0 Å². The molecule has 33 heavy (non-hydrogen) atoms. The van der Waals surface area contributed by atoms with E-state index in [1.807, 2.05) is 31.2 Å². The molecule has 5 rings (SSSR count). The van der Waals surface area contributed by atoms with Gasteiger partial charge in [-0.2, -0.15) is 0 Å². The minimum Gasteiger partial charge on any atom is -0.273 e. The first-order valence-corrected chi connectivity index (χ1v) is 10.6. The lowest BCUT2D eigenvalue weighted by Crippen LogP contribution is -2.37. The molecule has 2 heterocycles. The minimum atomic E-state index is -1.03. The summed E-state index contributed by atoms with van der Waals surface area (Å²) in [6.45, 7) is 1.90. The molecule has 8 nitrogen and oxygen atoms in total. The van der Waals surface area contributed by atoms with E-state index in [2.05, 4.69) is 0 Å². The zero-order chi connectivity index (χ0) is 23.3. The number of halogens is 1. The van der Waals surface area contributed by atoms with Gasteiger partial charge in [0.2, 0.25) is 5.91 Å². The number of imide groups is 1. The van der Waals surface area contributed by atoms with Crippen LogP contribution in [0.15, 0.2) is 72.8 Å². The van der Waals surface area contributed by atoms with E-state index in [1.165, 1.54) is 12.1 Å². The van der Waals surface area contributed by atoms with E-state index < -0.39 is 34.8 Å². The molecule has 2 fully saturated rings. The Balaban J connectivity index is 1.60. The Morgan fingerprint density at radius 2 is 1.70 bits per heavy atom. The maximum atomic E-state index is 13.6. The van der Waals surface area contributed by atoms with Crippen LogP contribution in [-0.4, -0.2) is 22.8 Å². The summed E-state index contributed by atoms with van der Waals surface area (Å²) in [5.74, 6) is -1.72. The number of fused-ring (bicyclic) bond motifs is 1. The number of hydrogen-bond donors (Lipinski definition) is 0. The number of hydroxylamine groups is 1. The standard InChI is InChI=1S/C24H18ClN3O5/c1-14-5-2-3-8-19(14)27-21(15-9-11-17(12-10-15)28(31)32)20-22(33-27)24(30)26(23(20)29)18-7-4-6-16(25)13-18/h2-13,20-22H,1H3. The van der Waals surface area contributed by atoms with E-state index >= 15 is 0 Å². The number of nitrogens with zero attached hydrogens (tertiary/aromatic N) is 3. The van der Waals surface area contributed by atoms with Crippen molar-refractivity contribution in [1.29, 1.82) is 0 Å². The lowest BCUT2D eigenvalue weighted by atomic mass is 9.90. The van der Waals surface area contributed by atoms with Gasteiger partial charge in [0.15, 0.2) is 6.10 Å². The molecule has 0 radical (unpaired) electrons. The van der Waals surface area contributed by atoms with Gasteiger partial charge in [-0.15, -0.1) is 0 Å². The highest BCUT2D eigenvalue weighted by atomic mass is 35.5. The molecule has 9 heteroatoms. The Kier molecular flexibility index (Phi) is 5.11. The Morgan fingerprint density at radius 3 is 2.36 bits per heavy atom. The number of carbonyl (C=O) groups is 2. The maximum Gasteiger partial charge on any atom is 0.269 e. The van der Waals surface area contributed by atoms with Gasteiger partial charge < -0.3 is 0 Å². The predicted molar refractivity (Wildman–Crippen MR) is 122 cm³/mol. The molecule has 2 aliphatic rings. The van der Waals surface area contributed by atoms with Crippen LogP contribution in [0.1, 0.15) is 17.2 Å². The second-order valence-electron chi connectivity index (χ2n) is 7.95. The molecule has 3 atom stereocenters. The number of para-hydroxylation sites is 1. The van der Waals surface area contributed by atoms with E-state index in [1.54, 1.807) is 41.5 Å². The van der Waals surface area contributed by atoms with Crippen molar-refractivity contribution >= 4 is 40.5 Å². The van der Waals surface area contributed by atoms with Gasteiger partial charge in [0, 0.05) is 17.2 Å². The Bertz CT molecular complexity index is 1280. The molecule has 0 aliphatic carbocycles. The molecule has 3 aromatic carbocycles. The van der Waals surface area contributed by atoms with Gasteiger partial charge in [-0.1, -0.05) is 48.0 Å². The SMILES string of the molecule is Cc1ccccc1N1OC2C(=O)N(c3cccc(Cl)c3)C(=O)C2C1c1ccc([N+](=O)[O-])cc1. The molecule has 2 aliphatic heterocycles. The van der Waals surface area contributed by atoms with Crippen LogP contribution < -0.4 is 9.96 Å². The predicted octanol–water partition coefficient (Wildman–Crippen LogP) is 4.61. The van der Waals surface area contributed by atoms with Gasteiger partial charge in [-0.25, -0.2) is 9.96 Å². The number of hydrogen-bond acceptors (Lipinski definition) is 6. The van der Waals surface area contributed by atoms with Gasteiger partial charge in [0.05, 0.1) is 22.3 Å². The second-order valence-corrected chi connectivity index (χ2v) is 8.39. The molecule has 3 aromatic rings. The molecule has 0 saturated carbocycles. The lowest BCUT2D eigenvalue weighted by Gasteiger charge is -2.29. The number of anilines is 2. The number of benzene rings is 3. The van der Waals surface area contributed by atoms with Crippen molar-refractivity contribution in [2.75, 3.05) is 9.96 Å². The van der Waals surface area contributed by atoms with Gasteiger partial charge in [-0.3, -0.25) is 24.5 Å². The van der Waals surface area contributed by atoms with Crippen LogP contribution in [0, 0.1) is 23.0 Å². The minimum absolute atomic E-state index is 0.0639. The topological polar surface area (TPSA) is 93.0 Å². The lowest BCUT2D eigenvalue weighted by molar-refractivity contribution is -0.384. The van der Waals surface area contributed by atoms with Crippen molar-refractivity contribution in [3.05, 3.63) is 99.1 Å². The highest BCUT2D eigenvalue weighted by Crippen LogP contribution is 2.48. The Hall–Kier alpha value is -3.75. The smallest absolute Gasteiger partial charge is 0.269 e. The number of rotatable bonds is 4. The van der Waals surface area contributed by atoms with Crippen LogP contribution in [0.5, 0.6) is 0 Å². The quantitative estimate of drug-likeness (QED) is 0.319. The van der Waals surface area contributed by atoms with Gasteiger partial charge in [0.25, 0.3) is 11.6 Å². The van der Waals surface area contributed by atoms with Gasteiger partial charge in [0.1, 0.15) is 5.92 Å².